The number of ether oxygens (including phenoxy) is 1. The quantitative estimate of drug-likeness (QED) is 0.427. The van der Waals surface area contributed by atoms with Gasteiger partial charge in [0.15, 0.2) is 0 Å². The van der Waals surface area contributed by atoms with Crippen molar-refractivity contribution in [1.29, 1.82) is 0 Å². The van der Waals surface area contributed by atoms with Crippen molar-refractivity contribution in [3.63, 3.8) is 0 Å². The fourth-order valence-electron chi connectivity index (χ4n) is 0.448. The van der Waals surface area contributed by atoms with Gasteiger partial charge in [-0.1, -0.05) is 0 Å². The lowest BCUT2D eigenvalue weighted by Gasteiger charge is -2.06. The zero-order valence-electron chi connectivity index (χ0n) is 6.19. The van der Waals surface area contributed by atoms with Gasteiger partial charge in [0.25, 0.3) is 0 Å². The maximum absolute atomic E-state index is 10.1. The highest BCUT2D eigenvalue weighted by molar-refractivity contribution is 5.73. The molecule has 0 aromatic carbocycles. The molecule has 0 bridgehead atoms. The van der Waals surface area contributed by atoms with Gasteiger partial charge in [0, 0.05) is 13.2 Å². The summed E-state index contributed by atoms with van der Waals surface area (Å²) in [6, 6.07) is -0.964. The number of hydrogen-bond acceptors (Lipinski definition) is 4. The highest BCUT2D eigenvalue weighted by Crippen LogP contribution is 1.84. The molecule has 5 nitrogen and oxygen atoms in total. The number of aliphatic hydroxyl groups excluding tert-OH is 1. The molecule has 4 N–H and O–H groups in total. The molecule has 0 radical (unpaired) electrons. The number of hydrogen-bond donors (Lipinski definition) is 3. The molecule has 11 heavy (non-hydrogen) atoms. The molecule has 0 amide bonds. The first-order valence-electron chi connectivity index (χ1n) is 3.35. The molecule has 66 valence electrons. The van der Waals surface area contributed by atoms with E-state index in [4.69, 9.17) is 20.7 Å². The van der Waals surface area contributed by atoms with Crippen molar-refractivity contribution in [2.24, 2.45) is 5.73 Å². The van der Waals surface area contributed by atoms with Gasteiger partial charge in [-0.3, -0.25) is 4.79 Å². The van der Waals surface area contributed by atoms with Crippen LogP contribution >= 0.6 is 0 Å². The summed E-state index contributed by atoms with van der Waals surface area (Å²) in [7, 11) is 0. The molecule has 1 unspecified atom stereocenters. The molecule has 0 saturated carbocycles. The maximum Gasteiger partial charge on any atom is 0.322 e. The van der Waals surface area contributed by atoms with Crippen molar-refractivity contribution in [1.82, 2.24) is 0 Å². The maximum atomic E-state index is 10.1. The van der Waals surface area contributed by atoms with E-state index >= 15 is 0 Å². The van der Waals surface area contributed by atoms with E-state index in [0.717, 1.165) is 0 Å². The molecule has 0 aliphatic heterocycles. The topological polar surface area (TPSA) is 92.8 Å². The van der Waals surface area contributed by atoms with E-state index in [2.05, 4.69) is 0 Å². The van der Waals surface area contributed by atoms with E-state index in [1.165, 1.54) is 0 Å². The Kier molecular flexibility index (Phi) is 5.73. The number of nitrogens with two attached hydrogens (primary N) is 1. The van der Waals surface area contributed by atoms with Crippen molar-refractivity contribution < 1.29 is 19.7 Å². The van der Waals surface area contributed by atoms with E-state index in [1.807, 2.05) is 0 Å². The summed E-state index contributed by atoms with van der Waals surface area (Å²) >= 11 is 0. The minimum Gasteiger partial charge on any atom is -0.480 e. The molecule has 0 spiro atoms. The Balaban J connectivity index is 3.17. The molecule has 0 heterocycles. The minimum absolute atomic E-state index is 0.00463. The number of carboxylic acid groups (broad SMARTS) is 1. The van der Waals surface area contributed by atoms with Crippen LogP contribution in [0, 0.1) is 0 Å². The SMILES string of the molecule is NC(COCCCO)C(=O)O. The van der Waals surface area contributed by atoms with Gasteiger partial charge in [-0.2, -0.15) is 0 Å². The monoisotopic (exact) mass is 163 g/mol. The average Bonchev–Trinajstić information content (AvgIpc) is 1.97. The molecule has 0 fully saturated rings. The summed E-state index contributed by atoms with van der Waals surface area (Å²) in [4.78, 5) is 10.1. The van der Waals surface area contributed by atoms with E-state index < -0.39 is 12.0 Å². The largest absolute Gasteiger partial charge is 0.480 e. The van der Waals surface area contributed by atoms with E-state index in [-0.39, 0.29) is 13.2 Å². The second-order valence-electron chi connectivity index (χ2n) is 2.10. The third-order valence-electron chi connectivity index (χ3n) is 1.06. The first-order chi connectivity index (χ1) is 5.18. The van der Waals surface area contributed by atoms with Crippen LogP contribution < -0.4 is 5.73 Å². The average molecular weight is 163 g/mol. The van der Waals surface area contributed by atoms with Gasteiger partial charge in [0.05, 0.1) is 6.61 Å². The van der Waals surface area contributed by atoms with Gasteiger partial charge < -0.3 is 20.7 Å². The normalized spacial score (nSPS) is 12.9. The first-order valence-corrected chi connectivity index (χ1v) is 3.35. The fraction of sp³-hybridized carbons (Fsp3) is 0.833. The molecule has 0 rings (SSSR count). The molecule has 0 aromatic heterocycles. The Bertz CT molecular complexity index is 117. The summed E-state index contributed by atoms with van der Waals surface area (Å²) in [5, 5.41) is 16.6. The van der Waals surface area contributed by atoms with Crippen LogP contribution in [0.1, 0.15) is 6.42 Å². The zero-order chi connectivity index (χ0) is 8.69. The lowest BCUT2D eigenvalue weighted by atomic mass is 10.3. The Morgan fingerprint density at radius 2 is 2.27 bits per heavy atom. The molecule has 0 aromatic rings. The van der Waals surface area contributed by atoms with Crippen LogP contribution in [0.3, 0.4) is 0 Å². The van der Waals surface area contributed by atoms with Crippen molar-refractivity contribution >= 4 is 5.97 Å². The zero-order valence-corrected chi connectivity index (χ0v) is 6.19. The highest BCUT2D eigenvalue weighted by atomic mass is 16.5. The van der Waals surface area contributed by atoms with Crippen LogP contribution in [0.5, 0.6) is 0 Å². The summed E-state index contributed by atoms with van der Waals surface area (Å²) < 4.78 is 4.83. The summed E-state index contributed by atoms with van der Waals surface area (Å²) in [6.07, 6.45) is 0.506. The molecular weight excluding hydrogens is 150 g/mol. The van der Waals surface area contributed by atoms with E-state index in [1.54, 1.807) is 0 Å². The second kappa shape index (κ2) is 6.09. The van der Waals surface area contributed by atoms with Crippen LogP contribution in [0.25, 0.3) is 0 Å². The van der Waals surface area contributed by atoms with Crippen molar-refractivity contribution in [3.05, 3.63) is 0 Å². The predicted molar refractivity (Wildman–Crippen MR) is 38.1 cm³/mol. The van der Waals surface area contributed by atoms with Crippen LogP contribution in [-0.2, 0) is 9.53 Å². The molecular formula is C6H13NO4. The number of rotatable bonds is 6. The van der Waals surface area contributed by atoms with Crippen LogP contribution in [0.2, 0.25) is 0 Å². The Hall–Kier alpha value is -0.650. The third kappa shape index (κ3) is 5.78. The predicted octanol–water partition coefficient (Wildman–Crippen LogP) is -1.20. The van der Waals surface area contributed by atoms with Gasteiger partial charge in [-0.15, -0.1) is 0 Å². The Morgan fingerprint density at radius 1 is 1.64 bits per heavy atom. The summed E-state index contributed by atoms with van der Waals surface area (Å²) in [5.41, 5.74) is 5.11. The highest BCUT2D eigenvalue weighted by Gasteiger charge is 2.10. The van der Waals surface area contributed by atoms with Crippen molar-refractivity contribution in [2.75, 3.05) is 19.8 Å². The van der Waals surface area contributed by atoms with Crippen LogP contribution in [0.4, 0.5) is 0 Å². The molecule has 0 saturated heterocycles. The van der Waals surface area contributed by atoms with Crippen molar-refractivity contribution in [3.8, 4) is 0 Å². The smallest absolute Gasteiger partial charge is 0.322 e. The molecule has 0 aliphatic rings. The lowest BCUT2D eigenvalue weighted by Crippen LogP contribution is -2.35. The first kappa shape index (κ1) is 10.3. The van der Waals surface area contributed by atoms with Crippen LogP contribution in [0.15, 0.2) is 0 Å². The van der Waals surface area contributed by atoms with Gasteiger partial charge in [0.1, 0.15) is 6.04 Å². The summed E-state index contributed by atoms with van der Waals surface area (Å²) in [5.74, 6) is -1.08. The lowest BCUT2D eigenvalue weighted by molar-refractivity contribution is -0.140. The Labute approximate surface area is 64.8 Å². The fourth-order valence-corrected chi connectivity index (χ4v) is 0.448. The number of carboxylic acids is 1. The van der Waals surface area contributed by atoms with Gasteiger partial charge in [-0.05, 0) is 6.42 Å². The van der Waals surface area contributed by atoms with Crippen LogP contribution in [-0.4, -0.2) is 42.0 Å². The van der Waals surface area contributed by atoms with Gasteiger partial charge >= 0.3 is 5.97 Å². The third-order valence-corrected chi connectivity index (χ3v) is 1.06. The second-order valence-corrected chi connectivity index (χ2v) is 2.10. The minimum atomic E-state index is -1.08. The molecule has 1 atom stereocenters. The standard InChI is InChI=1S/C6H13NO4/c7-5(6(9)10)4-11-3-1-2-8/h5,8H,1-4,7H2,(H,9,10). The molecule has 0 aliphatic carbocycles. The summed E-state index contributed by atoms with van der Waals surface area (Å²) in [6.45, 7) is 0.384. The van der Waals surface area contributed by atoms with Gasteiger partial charge in [-0.25, -0.2) is 0 Å². The Morgan fingerprint density at radius 3 is 2.73 bits per heavy atom. The number of aliphatic hydroxyl groups is 1. The van der Waals surface area contributed by atoms with E-state index in [0.29, 0.717) is 13.0 Å². The van der Waals surface area contributed by atoms with Gasteiger partial charge in [0.2, 0.25) is 0 Å². The van der Waals surface area contributed by atoms with E-state index in [9.17, 15) is 4.79 Å². The molecule has 5 heteroatoms. The van der Waals surface area contributed by atoms with Crippen molar-refractivity contribution in [2.45, 2.75) is 12.5 Å². The number of aliphatic carboxylic acids is 1. The number of carbonyl (C=O) groups is 1.